The number of alkyl halides is 2. The first-order valence-corrected chi connectivity index (χ1v) is 7.88. The Morgan fingerprint density at radius 3 is 2.43 bits per heavy atom. The zero-order valence-electron chi connectivity index (χ0n) is 11.1. The maximum atomic E-state index is 12.3. The van der Waals surface area contributed by atoms with Crippen LogP contribution in [0.15, 0.2) is 29.6 Å². The van der Waals surface area contributed by atoms with Gasteiger partial charge in [0.25, 0.3) is 0 Å². The van der Waals surface area contributed by atoms with Crippen molar-refractivity contribution in [3.05, 3.63) is 44.6 Å². The molecule has 0 radical (unpaired) electrons. The summed E-state index contributed by atoms with van der Waals surface area (Å²) >= 11 is 13.5. The van der Waals surface area contributed by atoms with E-state index in [0.29, 0.717) is 5.69 Å². The van der Waals surface area contributed by atoms with Gasteiger partial charge >= 0.3 is 6.61 Å². The third kappa shape index (κ3) is 4.22. The molecule has 0 aliphatic rings. The first-order valence-electron chi connectivity index (χ1n) is 6.25. The monoisotopic (exact) mass is 351 g/mol. The average Bonchev–Trinajstić information content (AvgIpc) is 2.94. The van der Waals surface area contributed by atoms with Crippen LogP contribution >= 0.6 is 34.5 Å². The Hall–Kier alpha value is -1.04. The van der Waals surface area contributed by atoms with E-state index in [2.05, 4.69) is 17.0 Å². The fourth-order valence-corrected chi connectivity index (χ4v) is 3.35. The van der Waals surface area contributed by atoms with Gasteiger partial charge in [0.1, 0.15) is 0 Å². The molecule has 0 spiro atoms. The number of hydrogen-bond donors (Lipinski definition) is 1. The maximum Gasteiger partial charge on any atom is 0.387 e. The lowest BCUT2D eigenvalue weighted by molar-refractivity contribution is -0.0497. The fourth-order valence-electron chi connectivity index (χ4n) is 1.91. The van der Waals surface area contributed by atoms with Gasteiger partial charge in [-0.05, 0) is 30.0 Å². The van der Waals surface area contributed by atoms with Crippen LogP contribution in [0.2, 0.25) is 10.0 Å². The lowest BCUT2D eigenvalue weighted by Gasteiger charge is -2.18. The molecule has 0 bridgehead atoms. The molecule has 1 atom stereocenters. The molecule has 0 amide bonds. The van der Waals surface area contributed by atoms with Gasteiger partial charge in [0, 0.05) is 10.6 Å². The number of halogens is 4. The number of hydrogen-bond acceptors (Lipinski definition) is 3. The largest absolute Gasteiger partial charge is 0.432 e. The quantitative estimate of drug-likeness (QED) is 0.666. The van der Waals surface area contributed by atoms with E-state index in [0.717, 1.165) is 6.42 Å². The van der Waals surface area contributed by atoms with Crippen LogP contribution in [0.4, 0.5) is 14.5 Å². The normalized spacial score (nSPS) is 12.5. The van der Waals surface area contributed by atoms with Crippen molar-refractivity contribution in [1.82, 2.24) is 0 Å². The van der Waals surface area contributed by atoms with Gasteiger partial charge in [-0.2, -0.15) is 8.78 Å². The lowest BCUT2D eigenvalue weighted by atomic mass is 10.1. The van der Waals surface area contributed by atoms with Gasteiger partial charge < -0.3 is 10.1 Å². The number of nitrogens with one attached hydrogen (secondary N) is 1. The van der Waals surface area contributed by atoms with E-state index in [1.54, 1.807) is 11.3 Å². The van der Waals surface area contributed by atoms with Crippen LogP contribution in [0.25, 0.3) is 0 Å². The van der Waals surface area contributed by atoms with Gasteiger partial charge in [-0.25, -0.2) is 0 Å². The first kappa shape index (κ1) is 16.3. The van der Waals surface area contributed by atoms with E-state index in [1.165, 1.54) is 17.0 Å². The lowest BCUT2D eigenvalue weighted by Crippen LogP contribution is -2.09. The molecule has 0 saturated heterocycles. The smallest absolute Gasteiger partial charge is 0.387 e. The second-order valence-electron chi connectivity index (χ2n) is 4.27. The van der Waals surface area contributed by atoms with Crippen molar-refractivity contribution in [2.45, 2.75) is 26.0 Å². The van der Waals surface area contributed by atoms with E-state index in [9.17, 15) is 8.78 Å². The Morgan fingerprint density at radius 2 is 1.95 bits per heavy atom. The molecule has 2 rings (SSSR count). The molecule has 114 valence electrons. The minimum Gasteiger partial charge on any atom is -0.432 e. The second kappa shape index (κ2) is 7.29. The van der Waals surface area contributed by atoms with E-state index >= 15 is 0 Å². The molecule has 1 heterocycles. The van der Waals surface area contributed by atoms with Gasteiger partial charge in [-0.1, -0.05) is 36.2 Å². The van der Waals surface area contributed by atoms with Gasteiger partial charge in [-0.3, -0.25) is 0 Å². The topological polar surface area (TPSA) is 21.3 Å². The highest BCUT2D eigenvalue weighted by Gasteiger charge is 2.16. The average molecular weight is 352 g/mol. The van der Waals surface area contributed by atoms with Gasteiger partial charge in [0.05, 0.1) is 16.1 Å². The summed E-state index contributed by atoms with van der Waals surface area (Å²) in [6.07, 6.45) is 0.866. The van der Waals surface area contributed by atoms with Crippen LogP contribution in [-0.4, -0.2) is 6.61 Å². The van der Waals surface area contributed by atoms with Crippen LogP contribution in [0.3, 0.4) is 0 Å². The minimum atomic E-state index is -2.96. The number of thiophene rings is 1. The standard InChI is InChI=1S/C14H13Cl2F2NOS/c1-2-11(12-4-3-5-21-12)19-8-6-9(15)13(10(16)7-8)20-14(17)18/h3-7,11,14,19H,2H2,1H3. The summed E-state index contributed by atoms with van der Waals surface area (Å²) in [5.74, 6) is -0.206. The molecular weight excluding hydrogens is 339 g/mol. The summed E-state index contributed by atoms with van der Waals surface area (Å²) in [6.45, 7) is -0.914. The van der Waals surface area contributed by atoms with Crippen LogP contribution < -0.4 is 10.1 Å². The first-order chi connectivity index (χ1) is 10.0. The molecular formula is C14H13Cl2F2NOS. The van der Waals surface area contributed by atoms with Gasteiger partial charge in [-0.15, -0.1) is 11.3 Å². The Morgan fingerprint density at radius 1 is 1.29 bits per heavy atom. The van der Waals surface area contributed by atoms with Crippen molar-refractivity contribution < 1.29 is 13.5 Å². The van der Waals surface area contributed by atoms with E-state index < -0.39 is 6.61 Å². The molecule has 1 aromatic carbocycles. The molecule has 2 nitrogen and oxygen atoms in total. The molecule has 2 aromatic rings. The summed E-state index contributed by atoms with van der Waals surface area (Å²) in [5.41, 5.74) is 0.659. The molecule has 1 unspecified atom stereocenters. The Bertz CT molecular complexity index is 570. The van der Waals surface area contributed by atoms with Crippen molar-refractivity contribution in [1.29, 1.82) is 0 Å². The highest BCUT2D eigenvalue weighted by molar-refractivity contribution is 7.10. The maximum absolute atomic E-state index is 12.3. The predicted octanol–water partition coefficient (Wildman–Crippen LogP) is 6.22. The SMILES string of the molecule is CCC(Nc1cc(Cl)c(OC(F)F)c(Cl)c1)c1cccs1. The fraction of sp³-hybridized carbons (Fsp3) is 0.286. The van der Waals surface area contributed by atoms with Crippen molar-refractivity contribution in [2.24, 2.45) is 0 Å². The summed E-state index contributed by atoms with van der Waals surface area (Å²) < 4.78 is 28.9. The molecule has 1 aromatic heterocycles. The van der Waals surface area contributed by atoms with Crippen molar-refractivity contribution in [2.75, 3.05) is 5.32 Å². The number of anilines is 1. The molecule has 21 heavy (non-hydrogen) atoms. The number of benzene rings is 1. The van der Waals surface area contributed by atoms with Gasteiger partial charge in [0.2, 0.25) is 0 Å². The van der Waals surface area contributed by atoms with E-state index in [-0.39, 0.29) is 21.8 Å². The molecule has 0 saturated carbocycles. The highest BCUT2D eigenvalue weighted by atomic mass is 35.5. The predicted molar refractivity (Wildman–Crippen MR) is 84.1 cm³/mol. The zero-order valence-corrected chi connectivity index (χ0v) is 13.4. The van der Waals surface area contributed by atoms with E-state index in [4.69, 9.17) is 23.2 Å². The molecule has 0 aliphatic carbocycles. The summed E-state index contributed by atoms with van der Waals surface area (Å²) in [4.78, 5) is 1.18. The second-order valence-corrected chi connectivity index (χ2v) is 6.06. The molecule has 0 aliphatic heterocycles. The summed E-state index contributed by atoms with van der Waals surface area (Å²) in [5, 5.41) is 5.39. The van der Waals surface area contributed by atoms with Crippen molar-refractivity contribution >= 4 is 40.2 Å². The number of ether oxygens (including phenoxy) is 1. The van der Waals surface area contributed by atoms with Crippen LogP contribution in [0.1, 0.15) is 24.3 Å². The van der Waals surface area contributed by atoms with Crippen LogP contribution in [0.5, 0.6) is 5.75 Å². The Labute approximate surface area is 135 Å². The number of rotatable bonds is 6. The molecule has 7 heteroatoms. The van der Waals surface area contributed by atoms with Crippen LogP contribution in [0, 0.1) is 0 Å². The van der Waals surface area contributed by atoms with E-state index in [1.807, 2.05) is 17.5 Å². The van der Waals surface area contributed by atoms with Crippen molar-refractivity contribution in [3.63, 3.8) is 0 Å². The van der Waals surface area contributed by atoms with Crippen LogP contribution in [-0.2, 0) is 0 Å². The molecule has 0 fully saturated rings. The Kier molecular flexibility index (Phi) is 5.67. The summed E-state index contributed by atoms with van der Waals surface area (Å²) in [7, 11) is 0. The zero-order chi connectivity index (χ0) is 15.4. The highest BCUT2D eigenvalue weighted by Crippen LogP contribution is 2.38. The van der Waals surface area contributed by atoms with Crippen molar-refractivity contribution in [3.8, 4) is 5.75 Å². The summed E-state index contributed by atoms with van der Waals surface area (Å²) in [6, 6.07) is 7.18. The molecule has 1 N–H and O–H groups in total. The Balaban J connectivity index is 2.21. The third-order valence-corrected chi connectivity index (χ3v) is 4.39. The van der Waals surface area contributed by atoms with Gasteiger partial charge in [0.15, 0.2) is 5.75 Å². The third-order valence-electron chi connectivity index (χ3n) is 2.84. The minimum absolute atomic E-state index is 0.0475.